The van der Waals surface area contributed by atoms with Crippen molar-refractivity contribution < 1.29 is 9.21 Å². The van der Waals surface area contributed by atoms with Gasteiger partial charge in [-0.15, -0.1) is 0 Å². The molecule has 0 fully saturated rings. The molecule has 0 atom stereocenters. The third kappa shape index (κ3) is 2.71. The topological polar surface area (TPSA) is 59.5 Å². The number of amides is 1. The first-order chi connectivity index (χ1) is 8.56. The van der Waals surface area contributed by atoms with Crippen molar-refractivity contribution in [2.75, 3.05) is 12.8 Å². The molecule has 0 bridgehead atoms. The lowest BCUT2D eigenvalue weighted by Gasteiger charge is -2.15. The molecule has 0 saturated carbocycles. The summed E-state index contributed by atoms with van der Waals surface area (Å²) in [6.07, 6.45) is 0. The molecular formula is C14H16N2O2. The molecule has 94 valence electrons. The molecule has 1 aromatic heterocycles. The number of carbonyl (C=O) groups excluding carboxylic acids is 1. The number of rotatable bonds is 3. The fraction of sp³-hybridized carbons (Fsp3) is 0.214. The summed E-state index contributed by atoms with van der Waals surface area (Å²) in [7, 11) is 1.74. The standard InChI is InChI=1S/C14H16N2O2/c1-10-6-7-13(18-10)9-16(2)14(17)11-4-3-5-12(15)8-11/h3-8H,9,15H2,1-2H3. The normalized spacial score (nSPS) is 10.3. The maximum absolute atomic E-state index is 12.1. The SMILES string of the molecule is Cc1ccc(CN(C)C(=O)c2cccc(N)c2)o1. The van der Waals surface area contributed by atoms with Crippen molar-refractivity contribution in [1.82, 2.24) is 4.90 Å². The van der Waals surface area contributed by atoms with E-state index in [1.165, 1.54) is 0 Å². The van der Waals surface area contributed by atoms with Gasteiger partial charge in [-0.3, -0.25) is 4.79 Å². The van der Waals surface area contributed by atoms with Crippen molar-refractivity contribution in [2.45, 2.75) is 13.5 Å². The second kappa shape index (κ2) is 4.96. The Kier molecular flexibility index (Phi) is 3.37. The van der Waals surface area contributed by atoms with Crippen molar-refractivity contribution in [2.24, 2.45) is 0 Å². The summed E-state index contributed by atoms with van der Waals surface area (Å²) in [5.41, 5.74) is 6.83. The molecule has 1 amide bonds. The van der Waals surface area contributed by atoms with Crippen molar-refractivity contribution in [3.63, 3.8) is 0 Å². The van der Waals surface area contributed by atoms with Gasteiger partial charge in [-0.25, -0.2) is 0 Å². The lowest BCUT2D eigenvalue weighted by molar-refractivity contribution is 0.0775. The summed E-state index contributed by atoms with van der Waals surface area (Å²) in [6.45, 7) is 2.32. The van der Waals surface area contributed by atoms with E-state index in [9.17, 15) is 4.79 Å². The monoisotopic (exact) mass is 244 g/mol. The molecule has 18 heavy (non-hydrogen) atoms. The van der Waals surface area contributed by atoms with Gasteiger partial charge in [0.1, 0.15) is 11.5 Å². The van der Waals surface area contributed by atoms with Crippen molar-refractivity contribution in [1.29, 1.82) is 0 Å². The molecule has 0 aliphatic heterocycles. The highest BCUT2D eigenvalue weighted by atomic mass is 16.3. The Labute approximate surface area is 106 Å². The molecule has 2 rings (SSSR count). The minimum atomic E-state index is -0.0728. The average molecular weight is 244 g/mol. The highest BCUT2D eigenvalue weighted by Gasteiger charge is 2.13. The highest BCUT2D eigenvalue weighted by molar-refractivity contribution is 5.94. The smallest absolute Gasteiger partial charge is 0.254 e. The number of furan rings is 1. The maximum atomic E-state index is 12.1. The second-order valence-corrected chi connectivity index (χ2v) is 4.30. The summed E-state index contributed by atoms with van der Waals surface area (Å²) >= 11 is 0. The zero-order chi connectivity index (χ0) is 13.1. The van der Waals surface area contributed by atoms with Crippen LogP contribution in [0.2, 0.25) is 0 Å². The minimum absolute atomic E-state index is 0.0728. The summed E-state index contributed by atoms with van der Waals surface area (Å²) in [5.74, 6) is 1.54. The van der Waals surface area contributed by atoms with Crippen molar-refractivity contribution >= 4 is 11.6 Å². The van der Waals surface area contributed by atoms with Gasteiger partial charge in [0.25, 0.3) is 5.91 Å². The summed E-state index contributed by atoms with van der Waals surface area (Å²) < 4.78 is 5.45. The van der Waals surface area contributed by atoms with Crippen LogP contribution < -0.4 is 5.73 Å². The van der Waals surface area contributed by atoms with Crippen LogP contribution in [0.4, 0.5) is 5.69 Å². The first-order valence-corrected chi connectivity index (χ1v) is 5.72. The highest BCUT2D eigenvalue weighted by Crippen LogP contribution is 2.13. The molecule has 0 aliphatic carbocycles. The summed E-state index contributed by atoms with van der Waals surface area (Å²) in [5, 5.41) is 0. The quantitative estimate of drug-likeness (QED) is 0.844. The Hall–Kier alpha value is -2.23. The molecule has 1 aromatic carbocycles. The molecule has 0 unspecified atom stereocenters. The predicted molar refractivity (Wildman–Crippen MR) is 70.1 cm³/mol. The number of benzene rings is 1. The predicted octanol–water partition coefficient (Wildman–Crippen LogP) is 2.44. The lowest BCUT2D eigenvalue weighted by atomic mass is 10.2. The molecule has 0 aliphatic rings. The van der Waals surface area contributed by atoms with Gasteiger partial charge in [0.15, 0.2) is 0 Å². The molecule has 0 radical (unpaired) electrons. The Morgan fingerprint density at radius 2 is 2.11 bits per heavy atom. The van der Waals surface area contributed by atoms with Gasteiger partial charge < -0.3 is 15.1 Å². The van der Waals surface area contributed by atoms with Gasteiger partial charge in [0, 0.05) is 18.3 Å². The fourth-order valence-electron chi connectivity index (χ4n) is 1.77. The van der Waals surface area contributed by atoms with E-state index < -0.39 is 0 Å². The van der Waals surface area contributed by atoms with Crippen LogP contribution in [-0.4, -0.2) is 17.9 Å². The van der Waals surface area contributed by atoms with Crippen LogP contribution in [0.5, 0.6) is 0 Å². The molecule has 0 saturated heterocycles. The van der Waals surface area contributed by atoms with Crippen LogP contribution in [-0.2, 0) is 6.54 Å². The van der Waals surface area contributed by atoms with Gasteiger partial charge in [0.2, 0.25) is 0 Å². The van der Waals surface area contributed by atoms with Gasteiger partial charge in [-0.05, 0) is 37.3 Å². The van der Waals surface area contributed by atoms with Gasteiger partial charge in [-0.1, -0.05) is 6.07 Å². The largest absolute Gasteiger partial charge is 0.464 e. The molecular weight excluding hydrogens is 228 g/mol. The number of carbonyl (C=O) groups is 1. The van der Waals surface area contributed by atoms with E-state index in [0.29, 0.717) is 17.8 Å². The maximum Gasteiger partial charge on any atom is 0.254 e. The third-order valence-electron chi connectivity index (χ3n) is 2.67. The number of hydrogen-bond acceptors (Lipinski definition) is 3. The van der Waals surface area contributed by atoms with E-state index in [-0.39, 0.29) is 5.91 Å². The minimum Gasteiger partial charge on any atom is -0.464 e. The Bertz CT molecular complexity index is 560. The molecule has 1 heterocycles. The van der Waals surface area contributed by atoms with E-state index >= 15 is 0 Å². The third-order valence-corrected chi connectivity index (χ3v) is 2.67. The fourth-order valence-corrected chi connectivity index (χ4v) is 1.77. The van der Waals surface area contributed by atoms with Gasteiger partial charge >= 0.3 is 0 Å². The summed E-state index contributed by atoms with van der Waals surface area (Å²) in [6, 6.07) is 10.7. The van der Waals surface area contributed by atoms with Crippen LogP contribution in [0.3, 0.4) is 0 Å². The molecule has 2 aromatic rings. The van der Waals surface area contributed by atoms with E-state index in [2.05, 4.69) is 0 Å². The number of nitrogens with two attached hydrogens (primary N) is 1. The number of nitrogen functional groups attached to an aromatic ring is 1. The molecule has 4 nitrogen and oxygen atoms in total. The molecule has 0 spiro atoms. The zero-order valence-electron chi connectivity index (χ0n) is 10.5. The van der Waals surface area contributed by atoms with E-state index in [1.54, 1.807) is 36.2 Å². The van der Waals surface area contributed by atoms with Crippen LogP contribution in [0.1, 0.15) is 21.9 Å². The lowest BCUT2D eigenvalue weighted by Crippen LogP contribution is -2.26. The van der Waals surface area contributed by atoms with E-state index in [0.717, 1.165) is 11.5 Å². The second-order valence-electron chi connectivity index (χ2n) is 4.30. The van der Waals surface area contributed by atoms with Crippen LogP contribution in [0, 0.1) is 6.92 Å². The summed E-state index contributed by atoms with van der Waals surface area (Å²) in [4.78, 5) is 13.7. The Morgan fingerprint density at radius 1 is 1.33 bits per heavy atom. The number of hydrogen-bond donors (Lipinski definition) is 1. The zero-order valence-corrected chi connectivity index (χ0v) is 10.5. The average Bonchev–Trinajstić information content (AvgIpc) is 2.73. The Balaban J connectivity index is 2.09. The number of aryl methyl sites for hydroxylation is 1. The van der Waals surface area contributed by atoms with Crippen LogP contribution in [0.15, 0.2) is 40.8 Å². The first-order valence-electron chi connectivity index (χ1n) is 5.72. The van der Waals surface area contributed by atoms with Crippen LogP contribution in [0.25, 0.3) is 0 Å². The van der Waals surface area contributed by atoms with Gasteiger partial charge in [0.05, 0.1) is 6.54 Å². The van der Waals surface area contributed by atoms with Crippen molar-refractivity contribution in [3.05, 3.63) is 53.5 Å². The van der Waals surface area contributed by atoms with Crippen LogP contribution >= 0.6 is 0 Å². The van der Waals surface area contributed by atoms with E-state index in [1.807, 2.05) is 19.1 Å². The van der Waals surface area contributed by atoms with Gasteiger partial charge in [-0.2, -0.15) is 0 Å². The number of nitrogens with zero attached hydrogens (tertiary/aromatic N) is 1. The van der Waals surface area contributed by atoms with Crippen molar-refractivity contribution in [3.8, 4) is 0 Å². The first kappa shape index (κ1) is 12.2. The molecule has 4 heteroatoms. The Morgan fingerprint density at radius 3 is 2.72 bits per heavy atom. The van der Waals surface area contributed by atoms with E-state index in [4.69, 9.17) is 10.2 Å². The molecule has 2 N–H and O–H groups in total. The number of anilines is 1.